The molecule has 2 aromatic heterocycles. The summed E-state index contributed by atoms with van der Waals surface area (Å²) in [5, 5.41) is 0. The number of nitrogens with zero attached hydrogens (tertiary/aromatic N) is 2. The maximum absolute atomic E-state index is 5.17. The third kappa shape index (κ3) is 7.36. The molecule has 35 heavy (non-hydrogen) atoms. The lowest BCUT2D eigenvalue weighted by Gasteiger charge is -2.11. The summed E-state index contributed by atoms with van der Waals surface area (Å²) >= 11 is 10.4. The number of aromatic nitrogens is 2. The Morgan fingerprint density at radius 2 is 1.03 bits per heavy atom. The molecule has 0 saturated heterocycles. The number of fused-ring (bicyclic) bond motifs is 1. The monoisotopic (exact) mass is 744 g/mol. The Morgan fingerprint density at radius 3 is 1.37 bits per heavy atom. The molecular weight excluding hydrogens is 714 g/mol. The maximum atomic E-state index is 5.17. The Labute approximate surface area is 249 Å². The molecule has 4 aromatic rings. The molecule has 0 bridgehead atoms. The highest BCUT2D eigenvalue weighted by Gasteiger charge is 2.18. The van der Waals surface area contributed by atoms with E-state index in [1.54, 1.807) is 11.3 Å². The second kappa shape index (κ2) is 12.9. The van der Waals surface area contributed by atoms with Crippen molar-refractivity contribution in [3.8, 4) is 22.5 Å². The molecule has 0 aliphatic carbocycles. The van der Waals surface area contributed by atoms with Crippen LogP contribution in [0.1, 0.15) is 40.5 Å². The summed E-state index contributed by atoms with van der Waals surface area (Å²) in [5.41, 5.74) is 6.18. The molecule has 4 rings (SSSR count). The van der Waals surface area contributed by atoms with Crippen LogP contribution in [0.15, 0.2) is 58.3 Å². The number of rotatable bonds is 10. The predicted molar refractivity (Wildman–Crippen MR) is 174 cm³/mol. The SMILES string of the molecule is CC(C)CCSc1ccc(-c2nc3c(I)sc(I)c3nc2-c2ccc(SCCC(C)C)cc2)cc1. The van der Waals surface area contributed by atoms with E-state index in [0.29, 0.717) is 0 Å². The molecule has 0 aliphatic heterocycles. The Hall–Kier alpha value is -0.360. The van der Waals surface area contributed by atoms with Gasteiger partial charge in [0.1, 0.15) is 11.0 Å². The summed E-state index contributed by atoms with van der Waals surface area (Å²) in [6.45, 7) is 9.13. The fourth-order valence-corrected chi connectivity index (χ4v) is 9.81. The summed E-state index contributed by atoms with van der Waals surface area (Å²) in [7, 11) is 0. The van der Waals surface area contributed by atoms with Gasteiger partial charge in [0.25, 0.3) is 0 Å². The van der Waals surface area contributed by atoms with Crippen LogP contribution in [0.3, 0.4) is 0 Å². The van der Waals surface area contributed by atoms with E-state index in [-0.39, 0.29) is 0 Å². The number of thioether (sulfide) groups is 2. The van der Waals surface area contributed by atoms with Gasteiger partial charge in [-0.3, -0.25) is 0 Å². The van der Waals surface area contributed by atoms with Gasteiger partial charge in [0.05, 0.1) is 17.2 Å². The van der Waals surface area contributed by atoms with Crippen molar-refractivity contribution in [3.05, 3.63) is 54.3 Å². The van der Waals surface area contributed by atoms with Gasteiger partial charge in [0.2, 0.25) is 0 Å². The minimum atomic E-state index is 0.738. The van der Waals surface area contributed by atoms with E-state index in [4.69, 9.17) is 9.97 Å². The van der Waals surface area contributed by atoms with E-state index in [9.17, 15) is 0 Å². The van der Waals surface area contributed by atoms with E-state index >= 15 is 0 Å². The smallest absolute Gasteiger partial charge is 0.115 e. The first-order valence-electron chi connectivity index (χ1n) is 11.9. The number of hydrogen-bond donors (Lipinski definition) is 0. The summed E-state index contributed by atoms with van der Waals surface area (Å²) in [6.07, 6.45) is 2.47. The van der Waals surface area contributed by atoms with Crippen LogP contribution < -0.4 is 0 Å². The average molecular weight is 745 g/mol. The van der Waals surface area contributed by atoms with Crippen LogP contribution >= 0.6 is 80.0 Å². The van der Waals surface area contributed by atoms with Gasteiger partial charge < -0.3 is 0 Å². The molecule has 7 heteroatoms. The summed E-state index contributed by atoms with van der Waals surface area (Å²) in [4.78, 5) is 13.0. The molecule has 2 heterocycles. The van der Waals surface area contributed by atoms with Crippen molar-refractivity contribution in [3.63, 3.8) is 0 Å². The van der Waals surface area contributed by atoms with E-state index in [2.05, 4.69) is 121 Å². The zero-order valence-electron chi connectivity index (χ0n) is 20.5. The Morgan fingerprint density at radius 1 is 0.657 bits per heavy atom. The maximum Gasteiger partial charge on any atom is 0.115 e. The number of thiophene rings is 1. The fraction of sp³-hybridized carbons (Fsp3) is 0.357. The van der Waals surface area contributed by atoms with Crippen LogP contribution in [0, 0.1) is 17.6 Å². The van der Waals surface area contributed by atoms with Gasteiger partial charge in [-0.2, -0.15) is 0 Å². The van der Waals surface area contributed by atoms with Gasteiger partial charge in [0.15, 0.2) is 0 Å². The Balaban J connectivity index is 1.67. The highest BCUT2D eigenvalue weighted by atomic mass is 127. The van der Waals surface area contributed by atoms with Crippen LogP contribution in [0.25, 0.3) is 33.5 Å². The van der Waals surface area contributed by atoms with Crippen LogP contribution in [-0.2, 0) is 0 Å². The van der Waals surface area contributed by atoms with E-state index in [1.807, 2.05) is 23.5 Å². The zero-order valence-corrected chi connectivity index (χ0v) is 27.2. The normalized spacial score (nSPS) is 11.8. The topological polar surface area (TPSA) is 25.8 Å². The van der Waals surface area contributed by atoms with Gasteiger partial charge in [0, 0.05) is 20.9 Å². The van der Waals surface area contributed by atoms with Crippen molar-refractivity contribution in [1.82, 2.24) is 9.97 Å². The first-order valence-corrected chi connectivity index (χ1v) is 16.9. The second-order valence-electron chi connectivity index (χ2n) is 9.38. The molecule has 0 amide bonds. The van der Waals surface area contributed by atoms with Crippen molar-refractivity contribution >= 4 is 91.1 Å². The fourth-order valence-electron chi connectivity index (χ4n) is 3.53. The third-order valence-electron chi connectivity index (χ3n) is 5.63. The summed E-state index contributed by atoms with van der Waals surface area (Å²) in [6, 6.07) is 17.7. The van der Waals surface area contributed by atoms with Gasteiger partial charge in [-0.15, -0.1) is 34.9 Å². The minimum Gasteiger partial charge on any atom is -0.242 e. The zero-order chi connectivity index (χ0) is 24.9. The molecule has 0 fully saturated rings. The molecule has 2 aromatic carbocycles. The lowest BCUT2D eigenvalue weighted by Crippen LogP contribution is -1.95. The van der Waals surface area contributed by atoms with Crippen molar-refractivity contribution in [1.29, 1.82) is 0 Å². The van der Waals surface area contributed by atoms with Crippen molar-refractivity contribution in [2.45, 2.75) is 50.3 Å². The summed E-state index contributed by atoms with van der Waals surface area (Å²) < 4.78 is 2.39. The van der Waals surface area contributed by atoms with E-state index < -0.39 is 0 Å². The molecule has 2 nitrogen and oxygen atoms in total. The lowest BCUT2D eigenvalue weighted by atomic mass is 10.0. The second-order valence-corrected chi connectivity index (χ2v) is 16.4. The Kier molecular flexibility index (Phi) is 10.2. The molecule has 0 aliphatic rings. The lowest BCUT2D eigenvalue weighted by molar-refractivity contribution is 0.632. The predicted octanol–water partition coefficient (Wildman–Crippen LogP) is 10.5. The van der Waals surface area contributed by atoms with Gasteiger partial charge in [-0.25, -0.2) is 9.97 Å². The largest absolute Gasteiger partial charge is 0.242 e. The first kappa shape index (κ1) is 27.7. The van der Waals surface area contributed by atoms with E-state index in [1.165, 1.54) is 28.4 Å². The van der Waals surface area contributed by atoms with Gasteiger partial charge >= 0.3 is 0 Å². The molecule has 0 atom stereocenters. The van der Waals surface area contributed by atoms with Crippen molar-refractivity contribution < 1.29 is 0 Å². The number of halogens is 2. The van der Waals surface area contributed by atoms with Crippen molar-refractivity contribution in [2.75, 3.05) is 11.5 Å². The minimum absolute atomic E-state index is 0.738. The third-order valence-corrected chi connectivity index (χ3v) is 10.8. The molecule has 0 saturated carbocycles. The van der Waals surface area contributed by atoms with E-state index in [0.717, 1.165) is 56.9 Å². The molecule has 0 unspecified atom stereocenters. The van der Waals surface area contributed by atoms with Gasteiger partial charge in [-0.05, 0) is 106 Å². The highest BCUT2D eigenvalue weighted by molar-refractivity contribution is 14.1. The van der Waals surface area contributed by atoms with Crippen LogP contribution in [0.4, 0.5) is 0 Å². The average Bonchev–Trinajstić information content (AvgIpc) is 3.11. The van der Waals surface area contributed by atoms with Crippen molar-refractivity contribution in [2.24, 2.45) is 11.8 Å². The molecular formula is C28H30I2N2S3. The molecule has 184 valence electrons. The van der Waals surface area contributed by atoms with Crippen LogP contribution in [-0.4, -0.2) is 21.5 Å². The first-order chi connectivity index (χ1) is 16.8. The standard InChI is InChI=1S/C28H30I2N2S3/c1-17(2)13-15-33-21-9-5-19(6-10-21)23-24(32-26-25(31-23)27(29)35-28(26)30)20-7-11-22(12-8-20)34-16-14-18(3)4/h5-12,17-18H,13-16H2,1-4H3. The molecule has 0 spiro atoms. The van der Waals surface area contributed by atoms with Crippen LogP contribution in [0.5, 0.6) is 0 Å². The summed E-state index contributed by atoms with van der Waals surface area (Å²) in [5.74, 6) is 3.78. The highest BCUT2D eigenvalue weighted by Crippen LogP contribution is 2.38. The quantitative estimate of drug-likeness (QED) is 0.119. The number of hydrogen-bond acceptors (Lipinski definition) is 5. The van der Waals surface area contributed by atoms with Crippen LogP contribution in [0.2, 0.25) is 0 Å². The van der Waals surface area contributed by atoms with Gasteiger partial charge in [-0.1, -0.05) is 52.0 Å². The number of benzene rings is 2. The Bertz CT molecular complexity index is 1170. The molecule has 0 N–H and O–H groups in total. The molecule has 0 radical (unpaired) electrons.